The Balaban J connectivity index is 1.70. The van der Waals surface area contributed by atoms with Gasteiger partial charge in [-0.1, -0.05) is 12.1 Å². The minimum absolute atomic E-state index is 0.264. The molecule has 1 aromatic carbocycles. The van der Waals surface area contributed by atoms with Gasteiger partial charge in [0.15, 0.2) is 5.96 Å². The number of aliphatic imine (C=N–C) groups is 1. The fourth-order valence-electron chi connectivity index (χ4n) is 3.77. The molecule has 0 bridgehead atoms. The summed E-state index contributed by atoms with van der Waals surface area (Å²) in [5, 5.41) is 21.6. The summed E-state index contributed by atoms with van der Waals surface area (Å²) in [4.78, 5) is 7.20. The number of methoxy groups -OCH3 is 1. The van der Waals surface area contributed by atoms with Crippen LogP contribution in [0.5, 0.6) is 5.75 Å². The molecule has 0 saturated carbocycles. The summed E-state index contributed by atoms with van der Waals surface area (Å²) in [5.41, 5.74) is 1.19. The molecule has 7 heteroatoms. The number of ether oxygens (including phenoxy) is 1. The van der Waals surface area contributed by atoms with Crippen molar-refractivity contribution >= 4 is 17.3 Å². The van der Waals surface area contributed by atoms with Crippen LogP contribution in [-0.4, -0.2) is 55.8 Å². The minimum Gasteiger partial charge on any atom is -0.497 e. The van der Waals surface area contributed by atoms with E-state index in [-0.39, 0.29) is 6.04 Å². The Hall–Kier alpha value is -2.09. The Morgan fingerprint density at radius 3 is 2.57 bits per heavy atom. The maximum Gasteiger partial charge on any atom is 0.191 e. The number of likely N-dealkylation sites (tertiary alicyclic amines) is 1. The Morgan fingerprint density at radius 2 is 1.97 bits per heavy atom. The molecule has 2 aromatic rings. The molecular weight excluding hydrogens is 396 g/mol. The van der Waals surface area contributed by atoms with Crippen molar-refractivity contribution in [2.75, 3.05) is 39.8 Å². The van der Waals surface area contributed by atoms with Crippen LogP contribution in [0.3, 0.4) is 0 Å². The van der Waals surface area contributed by atoms with Gasteiger partial charge in [0.2, 0.25) is 0 Å². The first-order valence-corrected chi connectivity index (χ1v) is 11.6. The summed E-state index contributed by atoms with van der Waals surface area (Å²) in [6, 6.07) is 10.6. The lowest BCUT2D eigenvalue weighted by molar-refractivity contribution is 0.0677. The van der Waals surface area contributed by atoms with Gasteiger partial charge in [0.1, 0.15) is 11.4 Å². The van der Waals surface area contributed by atoms with Gasteiger partial charge in [-0.15, -0.1) is 0 Å². The number of benzene rings is 1. The molecule has 0 amide bonds. The number of thiophene rings is 1. The lowest BCUT2D eigenvalue weighted by Gasteiger charge is -2.29. The first-order valence-electron chi connectivity index (χ1n) is 10.7. The summed E-state index contributed by atoms with van der Waals surface area (Å²) in [5.74, 6) is 1.60. The zero-order valence-electron chi connectivity index (χ0n) is 18.2. The van der Waals surface area contributed by atoms with E-state index in [0.29, 0.717) is 6.54 Å². The number of nitrogens with zero attached hydrogens (tertiary/aromatic N) is 2. The SMILES string of the molecule is CCNC(=NCC(C)(O)c1ccsc1)NCC(c1ccc(OC)cc1)N1CCCC1. The molecule has 3 N–H and O–H groups in total. The summed E-state index contributed by atoms with van der Waals surface area (Å²) < 4.78 is 5.32. The Bertz CT molecular complexity index is 784. The van der Waals surface area contributed by atoms with Crippen LogP contribution in [0.2, 0.25) is 0 Å². The van der Waals surface area contributed by atoms with Gasteiger partial charge in [0.05, 0.1) is 19.7 Å². The minimum atomic E-state index is -0.979. The van der Waals surface area contributed by atoms with Gasteiger partial charge < -0.3 is 20.5 Å². The van der Waals surface area contributed by atoms with E-state index >= 15 is 0 Å². The van der Waals surface area contributed by atoms with E-state index in [0.717, 1.165) is 43.5 Å². The van der Waals surface area contributed by atoms with Gasteiger partial charge in [-0.2, -0.15) is 11.3 Å². The van der Waals surface area contributed by atoms with E-state index in [2.05, 4.69) is 39.6 Å². The molecule has 0 spiro atoms. The van der Waals surface area contributed by atoms with Crippen LogP contribution in [0.25, 0.3) is 0 Å². The molecule has 3 rings (SSSR count). The van der Waals surface area contributed by atoms with Gasteiger partial charge in [0, 0.05) is 13.1 Å². The predicted octanol–water partition coefficient (Wildman–Crippen LogP) is 3.36. The number of rotatable bonds is 9. The summed E-state index contributed by atoms with van der Waals surface area (Å²) >= 11 is 1.59. The van der Waals surface area contributed by atoms with E-state index in [1.807, 2.05) is 35.9 Å². The van der Waals surface area contributed by atoms with Crippen molar-refractivity contribution in [3.63, 3.8) is 0 Å². The normalized spacial score (nSPS) is 18.1. The molecule has 0 aliphatic carbocycles. The Kier molecular flexibility index (Phi) is 8.13. The van der Waals surface area contributed by atoms with Crippen LogP contribution in [-0.2, 0) is 5.60 Å². The maximum atomic E-state index is 10.8. The van der Waals surface area contributed by atoms with Crippen molar-refractivity contribution < 1.29 is 9.84 Å². The lowest BCUT2D eigenvalue weighted by Crippen LogP contribution is -2.43. The molecule has 6 nitrogen and oxygen atoms in total. The highest BCUT2D eigenvalue weighted by Crippen LogP contribution is 2.26. The van der Waals surface area contributed by atoms with E-state index in [4.69, 9.17) is 4.74 Å². The lowest BCUT2D eigenvalue weighted by atomic mass is 10.00. The molecule has 2 heterocycles. The van der Waals surface area contributed by atoms with Gasteiger partial charge in [0.25, 0.3) is 0 Å². The molecule has 1 aliphatic heterocycles. The Morgan fingerprint density at radius 1 is 1.23 bits per heavy atom. The van der Waals surface area contributed by atoms with Crippen LogP contribution < -0.4 is 15.4 Å². The monoisotopic (exact) mass is 430 g/mol. The number of hydrogen-bond acceptors (Lipinski definition) is 5. The van der Waals surface area contributed by atoms with Crippen molar-refractivity contribution in [2.24, 2.45) is 4.99 Å². The number of nitrogens with one attached hydrogen (secondary N) is 2. The zero-order chi connectivity index (χ0) is 21.4. The smallest absolute Gasteiger partial charge is 0.191 e. The predicted molar refractivity (Wildman–Crippen MR) is 124 cm³/mol. The molecule has 164 valence electrons. The topological polar surface area (TPSA) is 69.1 Å². The average molecular weight is 431 g/mol. The third kappa shape index (κ3) is 5.97. The van der Waals surface area contributed by atoms with Crippen molar-refractivity contribution in [1.82, 2.24) is 15.5 Å². The van der Waals surface area contributed by atoms with Crippen LogP contribution in [0, 0.1) is 0 Å². The van der Waals surface area contributed by atoms with Crippen LogP contribution in [0.4, 0.5) is 0 Å². The summed E-state index contributed by atoms with van der Waals surface area (Å²) in [6.45, 7) is 7.90. The highest BCUT2D eigenvalue weighted by Gasteiger charge is 2.25. The maximum absolute atomic E-state index is 10.8. The van der Waals surface area contributed by atoms with Gasteiger partial charge >= 0.3 is 0 Å². The number of aliphatic hydroxyl groups is 1. The highest BCUT2D eigenvalue weighted by molar-refractivity contribution is 7.08. The van der Waals surface area contributed by atoms with E-state index < -0.39 is 5.60 Å². The molecule has 1 aliphatic rings. The third-order valence-corrected chi connectivity index (χ3v) is 6.26. The second-order valence-electron chi connectivity index (χ2n) is 7.89. The first-order chi connectivity index (χ1) is 14.5. The van der Waals surface area contributed by atoms with Gasteiger partial charge in [-0.3, -0.25) is 4.90 Å². The van der Waals surface area contributed by atoms with Crippen molar-refractivity contribution in [1.29, 1.82) is 0 Å². The molecule has 2 atom stereocenters. The highest BCUT2D eigenvalue weighted by atomic mass is 32.1. The molecular formula is C23H34N4O2S. The van der Waals surface area contributed by atoms with Crippen molar-refractivity contribution in [2.45, 2.75) is 38.3 Å². The fraction of sp³-hybridized carbons (Fsp3) is 0.522. The third-order valence-electron chi connectivity index (χ3n) is 5.58. The Labute approximate surface area is 184 Å². The quantitative estimate of drug-likeness (QED) is 0.420. The zero-order valence-corrected chi connectivity index (χ0v) is 19.0. The van der Waals surface area contributed by atoms with E-state index in [1.54, 1.807) is 18.4 Å². The molecule has 30 heavy (non-hydrogen) atoms. The van der Waals surface area contributed by atoms with Crippen molar-refractivity contribution in [3.8, 4) is 5.75 Å². The van der Waals surface area contributed by atoms with E-state index in [9.17, 15) is 5.11 Å². The standard InChI is InChI=1S/C23H34N4O2S/c1-4-24-22(26-17-23(2,28)19-11-14-30-16-19)25-15-21(27-12-5-6-13-27)18-7-9-20(29-3)10-8-18/h7-11,14,16,21,28H,4-6,12-13,15,17H2,1-3H3,(H2,24,25,26). The largest absolute Gasteiger partial charge is 0.497 e. The van der Waals surface area contributed by atoms with E-state index in [1.165, 1.54) is 18.4 Å². The van der Waals surface area contributed by atoms with Crippen LogP contribution >= 0.6 is 11.3 Å². The molecule has 1 saturated heterocycles. The molecule has 0 radical (unpaired) electrons. The molecule has 1 fully saturated rings. The summed E-state index contributed by atoms with van der Waals surface area (Å²) in [7, 11) is 1.69. The number of guanidine groups is 1. The molecule has 2 unspecified atom stereocenters. The molecule has 1 aromatic heterocycles. The van der Waals surface area contributed by atoms with Gasteiger partial charge in [-0.25, -0.2) is 4.99 Å². The first kappa shape index (κ1) is 22.6. The second kappa shape index (κ2) is 10.8. The number of hydrogen-bond donors (Lipinski definition) is 3. The second-order valence-corrected chi connectivity index (χ2v) is 8.67. The average Bonchev–Trinajstić information content (AvgIpc) is 3.47. The fourth-order valence-corrected chi connectivity index (χ4v) is 4.55. The van der Waals surface area contributed by atoms with Crippen LogP contribution in [0.15, 0.2) is 46.1 Å². The summed E-state index contributed by atoms with van der Waals surface area (Å²) in [6.07, 6.45) is 2.48. The van der Waals surface area contributed by atoms with Gasteiger partial charge in [-0.05, 0) is 79.9 Å². The van der Waals surface area contributed by atoms with Crippen LogP contribution in [0.1, 0.15) is 43.9 Å². The van der Waals surface area contributed by atoms with Crippen molar-refractivity contribution in [3.05, 3.63) is 52.2 Å².